The molecule has 1 aromatic rings. The van der Waals surface area contributed by atoms with Gasteiger partial charge in [0.2, 0.25) is 5.78 Å². The molecule has 140 valence electrons. The lowest BCUT2D eigenvalue weighted by atomic mass is 9.65. The first-order valence-corrected chi connectivity index (χ1v) is 8.98. The summed E-state index contributed by atoms with van der Waals surface area (Å²) in [5, 5.41) is 21.8. The van der Waals surface area contributed by atoms with Crippen molar-refractivity contribution in [1.82, 2.24) is 0 Å². The molecule has 1 fully saturated rings. The van der Waals surface area contributed by atoms with Gasteiger partial charge in [0.15, 0.2) is 5.78 Å². The van der Waals surface area contributed by atoms with Gasteiger partial charge in [-0.25, -0.2) is 0 Å². The number of hydrogen-bond acceptors (Lipinski definition) is 6. The third kappa shape index (κ3) is 2.40. The van der Waals surface area contributed by atoms with Gasteiger partial charge in [-0.05, 0) is 37.8 Å². The monoisotopic (exact) mass is 368 g/mol. The molecule has 0 spiro atoms. The molecule has 0 aliphatic heterocycles. The fourth-order valence-corrected chi connectivity index (χ4v) is 4.57. The third-order valence-electron chi connectivity index (χ3n) is 6.00. The number of benzene rings is 1. The van der Waals surface area contributed by atoms with Crippen LogP contribution in [0.4, 0.5) is 0 Å². The molecule has 3 unspecified atom stereocenters. The fourth-order valence-electron chi connectivity index (χ4n) is 4.57. The van der Waals surface area contributed by atoms with E-state index in [1.54, 1.807) is 12.1 Å². The van der Waals surface area contributed by atoms with Crippen LogP contribution in [0.1, 0.15) is 46.9 Å². The Bertz CT molecular complexity index is 951. The molecule has 2 N–H and O–H groups in total. The zero-order valence-electron chi connectivity index (χ0n) is 15.1. The van der Waals surface area contributed by atoms with Gasteiger partial charge in [-0.2, -0.15) is 0 Å². The molecule has 6 nitrogen and oxygen atoms in total. The maximum atomic E-state index is 13.1. The van der Waals surface area contributed by atoms with E-state index in [0.29, 0.717) is 24.8 Å². The van der Waals surface area contributed by atoms with Crippen molar-refractivity contribution in [2.75, 3.05) is 7.11 Å². The largest absolute Gasteiger partial charge is 0.507 e. The number of methoxy groups -OCH3 is 1. The molecule has 1 aromatic carbocycles. The minimum absolute atomic E-state index is 0.0293. The number of aliphatic hydroxyl groups is 2. The Morgan fingerprint density at radius 1 is 1.22 bits per heavy atom. The molecule has 3 aliphatic carbocycles. The Morgan fingerprint density at radius 3 is 2.63 bits per heavy atom. The van der Waals surface area contributed by atoms with Crippen molar-refractivity contribution in [3.8, 4) is 5.75 Å². The number of rotatable bonds is 2. The maximum absolute atomic E-state index is 13.1. The first kappa shape index (κ1) is 17.7. The summed E-state index contributed by atoms with van der Waals surface area (Å²) < 4.78 is 5.23. The second-order valence-electron chi connectivity index (χ2n) is 7.34. The first-order chi connectivity index (χ1) is 12.9. The highest BCUT2D eigenvalue weighted by molar-refractivity contribution is 6.29. The molecule has 4 rings (SSSR count). The van der Waals surface area contributed by atoms with E-state index < -0.39 is 23.6 Å². The number of aliphatic hydroxyl groups excluding tert-OH is 2. The predicted molar refractivity (Wildman–Crippen MR) is 95.9 cm³/mol. The minimum Gasteiger partial charge on any atom is -0.507 e. The lowest BCUT2D eigenvalue weighted by molar-refractivity contribution is -0.122. The smallest absolute Gasteiger partial charge is 0.201 e. The summed E-state index contributed by atoms with van der Waals surface area (Å²) in [6.45, 7) is 1.51. The Kier molecular flexibility index (Phi) is 4.03. The van der Waals surface area contributed by atoms with Gasteiger partial charge in [-0.3, -0.25) is 14.4 Å². The normalized spacial score (nSPS) is 27.1. The molecule has 0 bridgehead atoms. The summed E-state index contributed by atoms with van der Waals surface area (Å²) in [6.07, 6.45) is 0.111. The number of hydrogen-bond donors (Lipinski definition) is 2. The highest BCUT2D eigenvalue weighted by atomic mass is 16.5. The van der Waals surface area contributed by atoms with E-state index in [0.717, 1.165) is 0 Å². The third-order valence-corrected chi connectivity index (χ3v) is 6.00. The van der Waals surface area contributed by atoms with Crippen molar-refractivity contribution in [2.45, 2.75) is 32.3 Å². The summed E-state index contributed by atoms with van der Waals surface area (Å²) in [6, 6.07) is 4.71. The number of ether oxygens (including phenoxy) is 1. The van der Waals surface area contributed by atoms with Gasteiger partial charge in [0.1, 0.15) is 17.3 Å². The Labute approximate surface area is 156 Å². The summed E-state index contributed by atoms with van der Waals surface area (Å²) in [5.74, 6) is -1.69. The second-order valence-corrected chi connectivity index (χ2v) is 7.34. The Balaban J connectivity index is 1.87. The molecule has 3 aliphatic rings. The zero-order valence-corrected chi connectivity index (χ0v) is 15.1. The van der Waals surface area contributed by atoms with Crippen LogP contribution in [0.2, 0.25) is 0 Å². The van der Waals surface area contributed by atoms with Crippen LogP contribution >= 0.6 is 0 Å². The number of allylic oxidation sites excluding steroid dienone is 1. The van der Waals surface area contributed by atoms with Gasteiger partial charge >= 0.3 is 0 Å². The van der Waals surface area contributed by atoms with Crippen molar-refractivity contribution in [3.05, 3.63) is 51.8 Å². The van der Waals surface area contributed by atoms with Crippen LogP contribution in [0.15, 0.2) is 40.7 Å². The Morgan fingerprint density at radius 2 is 1.96 bits per heavy atom. The molecule has 0 radical (unpaired) electrons. The van der Waals surface area contributed by atoms with E-state index in [1.165, 1.54) is 20.1 Å². The fraction of sp³-hybridized carbons (Fsp3) is 0.381. The predicted octanol–water partition coefficient (Wildman–Crippen LogP) is 2.56. The van der Waals surface area contributed by atoms with Crippen LogP contribution in [0.25, 0.3) is 0 Å². The van der Waals surface area contributed by atoms with E-state index in [-0.39, 0.29) is 45.5 Å². The summed E-state index contributed by atoms with van der Waals surface area (Å²) in [7, 11) is 1.41. The number of ketones is 3. The average molecular weight is 368 g/mol. The van der Waals surface area contributed by atoms with Gasteiger partial charge in [0, 0.05) is 23.0 Å². The highest BCUT2D eigenvalue weighted by Crippen LogP contribution is 2.48. The van der Waals surface area contributed by atoms with Crippen LogP contribution < -0.4 is 4.74 Å². The molecule has 3 atom stereocenters. The van der Waals surface area contributed by atoms with Crippen molar-refractivity contribution >= 4 is 17.3 Å². The molecule has 0 amide bonds. The van der Waals surface area contributed by atoms with Gasteiger partial charge in [-0.15, -0.1) is 0 Å². The average Bonchev–Trinajstić information content (AvgIpc) is 2.67. The number of carbonyl (C=O) groups is 3. The standard InChI is InChI=1S/C21H20O6/c1-9(22)10-6-7-11-13(8-10)20(25)16-17(18(11)23)21(26)15-12(19(16)24)4-3-5-14(15)27-2/h3-5,10,13,20,23,25H,6-8H2,1-2H3. The lowest BCUT2D eigenvalue weighted by Gasteiger charge is -2.39. The van der Waals surface area contributed by atoms with E-state index in [4.69, 9.17) is 4.74 Å². The van der Waals surface area contributed by atoms with Gasteiger partial charge < -0.3 is 14.9 Å². The number of Topliss-reactive ketones (excluding diaryl/α,β-unsaturated/α-hetero) is 3. The van der Waals surface area contributed by atoms with Crippen LogP contribution in [0, 0.1) is 11.8 Å². The Hall–Kier alpha value is -2.73. The molecule has 0 heterocycles. The van der Waals surface area contributed by atoms with Crippen LogP contribution in [-0.4, -0.2) is 40.8 Å². The van der Waals surface area contributed by atoms with E-state index >= 15 is 0 Å². The number of carbonyl (C=O) groups excluding carboxylic acids is 3. The first-order valence-electron chi connectivity index (χ1n) is 8.98. The molecule has 27 heavy (non-hydrogen) atoms. The van der Waals surface area contributed by atoms with Gasteiger partial charge in [0.25, 0.3) is 0 Å². The molecule has 0 aromatic heterocycles. The summed E-state index contributed by atoms with van der Waals surface area (Å²) >= 11 is 0. The zero-order chi connectivity index (χ0) is 19.5. The van der Waals surface area contributed by atoms with Crippen molar-refractivity contribution in [3.63, 3.8) is 0 Å². The molecule has 1 saturated carbocycles. The molecular formula is C21H20O6. The van der Waals surface area contributed by atoms with Crippen LogP contribution in [0.3, 0.4) is 0 Å². The molecular weight excluding hydrogens is 348 g/mol. The van der Waals surface area contributed by atoms with Gasteiger partial charge in [-0.1, -0.05) is 12.1 Å². The summed E-state index contributed by atoms with van der Waals surface area (Å²) in [4.78, 5) is 38.0. The number of fused-ring (bicyclic) bond motifs is 2. The van der Waals surface area contributed by atoms with Crippen molar-refractivity contribution in [1.29, 1.82) is 0 Å². The lowest BCUT2D eigenvalue weighted by Crippen LogP contribution is -2.41. The quantitative estimate of drug-likeness (QED) is 0.832. The molecule has 6 heteroatoms. The minimum atomic E-state index is -1.22. The summed E-state index contributed by atoms with van der Waals surface area (Å²) in [5.41, 5.74) is 0.623. The van der Waals surface area contributed by atoms with Gasteiger partial charge in [0.05, 0.1) is 24.4 Å². The molecule has 0 saturated heterocycles. The van der Waals surface area contributed by atoms with Crippen LogP contribution in [-0.2, 0) is 4.79 Å². The highest BCUT2D eigenvalue weighted by Gasteiger charge is 2.48. The van der Waals surface area contributed by atoms with E-state index in [1.807, 2.05) is 0 Å². The van der Waals surface area contributed by atoms with Crippen LogP contribution in [0.5, 0.6) is 5.75 Å². The second kappa shape index (κ2) is 6.16. The van der Waals surface area contributed by atoms with E-state index in [2.05, 4.69) is 0 Å². The van der Waals surface area contributed by atoms with Crippen molar-refractivity contribution in [2.24, 2.45) is 11.8 Å². The SMILES string of the molecule is COc1cccc2c1C(=O)C1=C(C2=O)C(O)C2CC(C(C)=O)CCC2=C1O. The maximum Gasteiger partial charge on any atom is 0.201 e. The topological polar surface area (TPSA) is 101 Å². The van der Waals surface area contributed by atoms with Crippen molar-refractivity contribution < 1.29 is 29.3 Å². The van der Waals surface area contributed by atoms with E-state index in [9.17, 15) is 24.6 Å².